The van der Waals surface area contributed by atoms with Crippen molar-refractivity contribution in [1.82, 2.24) is 49.8 Å². The molecule has 0 amide bonds. The van der Waals surface area contributed by atoms with Crippen molar-refractivity contribution in [3.8, 4) is 0 Å². The van der Waals surface area contributed by atoms with E-state index >= 15 is 0 Å². The van der Waals surface area contributed by atoms with Crippen molar-refractivity contribution < 1.29 is 0 Å². The highest BCUT2D eigenvalue weighted by Gasteiger charge is 2.22. The lowest BCUT2D eigenvalue weighted by Gasteiger charge is -2.21. The molecule has 11 rings (SSSR count). The average Bonchev–Trinajstić information content (AvgIpc) is 3.59. The number of hydrogen-bond acceptors (Lipinski definition) is 10. The Kier molecular flexibility index (Phi) is 21.3. The van der Waals surface area contributed by atoms with E-state index in [0.717, 1.165) is 38.7 Å². The van der Waals surface area contributed by atoms with Crippen molar-refractivity contribution in [2.45, 2.75) is 165 Å². The van der Waals surface area contributed by atoms with Gasteiger partial charge in [0.1, 0.15) is 6.33 Å². The summed E-state index contributed by atoms with van der Waals surface area (Å²) in [4.78, 5) is 42.6. The van der Waals surface area contributed by atoms with E-state index in [1.165, 1.54) is 49.5 Å². The molecule has 0 aliphatic rings. The fraction of sp³-hybridized carbons (Fsp3) is 0.352. The maximum Gasteiger partial charge on any atom is 0.115 e. The van der Waals surface area contributed by atoms with Gasteiger partial charge in [0.2, 0.25) is 0 Å². The molecule has 0 aliphatic heterocycles. The van der Waals surface area contributed by atoms with Gasteiger partial charge in [0.25, 0.3) is 0 Å². The normalized spacial score (nSPS) is 11.7. The number of rotatable bonds is 0. The molecule has 422 valence electrons. The van der Waals surface area contributed by atoms with Gasteiger partial charge in [-0.05, 0) is 97.8 Å². The van der Waals surface area contributed by atoms with Crippen LogP contribution < -0.4 is 0 Å². The van der Waals surface area contributed by atoms with E-state index < -0.39 is 0 Å². The van der Waals surface area contributed by atoms with Crippen LogP contribution in [0.1, 0.15) is 166 Å². The molecular weight excluding hydrogens is 993 g/mol. The monoisotopic (exact) mass is 1080 g/mol. The van der Waals surface area contributed by atoms with Gasteiger partial charge in [-0.15, -0.1) is 0 Å². The molecule has 0 bridgehead atoms. The van der Waals surface area contributed by atoms with Crippen LogP contribution in [0.2, 0.25) is 0 Å². The Hall–Kier alpha value is -7.98. The quantitative estimate of drug-likeness (QED) is 0.135. The molecule has 0 fully saturated rings. The van der Waals surface area contributed by atoms with E-state index in [0.29, 0.717) is 0 Å². The van der Waals surface area contributed by atoms with Crippen LogP contribution >= 0.6 is 0 Å². The Morgan fingerprint density at radius 2 is 0.840 bits per heavy atom. The molecule has 0 radical (unpaired) electrons. The Balaban J connectivity index is 0.000000182. The van der Waals surface area contributed by atoms with Crippen molar-refractivity contribution in [2.24, 2.45) is 0 Å². The van der Waals surface area contributed by atoms with E-state index in [9.17, 15) is 0 Å². The topological polar surface area (TPSA) is 129 Å². The smallest absolute Gasteiger partial charge is 0.115 e. The lowest BCUT2D eigenvalue weighted by Crippen LogP contribution is -2.14. The highest BCUT2D eigenvalue weighted by atomic mass is 14.8. The molecule has 3 aromatic carbocycles. The minimum atomic E-state index is 0. The molecule has 10 nitrogen and oxygen atoms in total. The summed E-state index contributed by atoms with van der Waals surface area (Å²) in [5.41, 5.74) is 13.2. The maximum atomic E-state index is 4.87. The van der Waals surface area contributed by atoms with Gasteiger partial charge in [-0.25, -0.2) is 9.97 Å². The van der Waals surface area contributed by atoms with Gasteiger partial charge in [0.05, 0.1) is 39.0 Å². The molecule has 0 unspecified atom stereocenters. The van der Waals surface area contributed by atoms with Gasteiger partial charge in [0, 0.05) is 101 Å². The third kappa shape index (κ3) is 17.8. The van der Waals surface area contributed by atoms with Gasteiger partial charge in [-0.3, -0.25) is 39.9 Å². The van der Waals surface area contributed by atoms with E-state index in [-0.39, 0.29) is 39.9 Å². The first-order valence-electron chi connectivity index (χ1n) is 27.6. The zero-order valence-corrected chi connectivity index (χ0v) is 50.8. The summed E-state index contributed by atoms with van der Waals surface area (Å²) in [5, 5.41) is 6.15. The van der Waals surface area contributed by atoms with Crippen molar-refractivity contribution in [3.05, 3.63) is 217 Å². The fourth-order valence-corrected chi connectivity index (χ4v) is 8.69. The predicted octanol–water partition coefficient (Wildman–Crippen LogP) is 18.3. The second-order valence-electron chi connectivity index (χ2n) is 26.1. The summed E-state index contributed by atoms with van der Waals surface area (Å²) in [6, 6.07) is 37.4. The Morgan fingerprint density at radius 1 is 0.296 bits per heavy atom. The number of fused-ring (bicyclic) bond motifs is 7. The van der Waals surface area contributed by atoms with Crippen LogP contribution in [0.25, 0.3) is 54.5 Å². The van der Waals surface area contributed by atoms with Crippen molar-refractivity contribution in [1.29, 1.82) is 0 Å². The Morgan fingerprint density at radius 3 is 1.38 bits per heavy atom. The number of para-hydroxylation sites is 1. The standard InChI is InChI=1S/C17H17N.C16H16N2.C12H14N2.C9H13N.2C8H12N2.CH4/c1-17(2,3)16-14-10-5-4-8-12(14)13-9-6-7-11-15(13)18-16;1-16(2,3)13-8-10-18-15-12(13)7-6-11-5-4-9-17-14(11)15;1-12(2,3)9-6-8-13-10-5-4-7-14-11(9)10;1-9(2,3)8-4-6-10-7-5-8;1-8(2,3)7-4-9-6-10-5-7;1-8(2,3)7-6-9-4-5-10-7;/h4-11H,1-3H3;4-10H,1-3H3;4-8H,1-3H3;4-7H,1-3H3;2*4-6H,1-3H3;1H4. The number of hydrogen-bond donors (Lipinski definition) is 0. The van der Waals surface area contributed by atoms with Gasteiger partial charge >= 0.3 is 0 Å². The van der Waals surface area contributed by atoms with Crippen molar-refractivity contribution in [3.63, 3.8) is 0 Å². The van der Waals surface area contributed by atoms with E-state index in [1.807, 2.05) is 67.8 Å². The SMILES string of the molecule is C.CC(C)(C)c1ccnc2c1ccc1cccnc12.CC(C)(C)c1ccnc2cccnc12.CC(C)(C)c1ccncc1.CC(C)(C)c1cnccn1.CC(C)(C)c1cncnc1.CC(C)(C)c1nc2ccccc2c2ccccc12. The third-order valence-electron chi connectivity index (χ3n) is 13.2. The largest absolute Gasteiger partial charge is 0.265 e. The van der Waals surface area contributed by atoms with Crippen molar-refractivity contribution >= 4 is 54.5 Å². The zero-order chi connectivity index (χ0) is 58.5. The van der Waals surface area contributed by atoms with E-state index in [1.54, 1.807) is 24.9 Å². The van der Waals surface area contributed by atoms with Gasteiger partial charge < -0.3 is 0 Å². The van der Waals surface area contributed by atoms with Gasteiger partial charge in [0.15, 0.2) is 0 Å². The highest BCUT2D eigenvalue weighted by Crippen LogP contribution is 2.34. The molecule has 8 aromatic heterocycles. The lowest BCUT2D eigenvalue weighted by atomic mass is 9.85. The number of benzene rings is 3. The summed E-state index contributed by atoms with van der Waals surface area (Å²) < 4.78 is 0. The number of pyridine rings is 6. The summed E-state index contributed by atoms with van der Waals surface area (Å²) >= 11 is 0. The summed E-state index contributed by atoms with van der Waals surface area (Å²) in [6.07, 6.45) is 21.5. The molecule has 0 saturated heterocycles. The zero-order valence-electron chi connectivity index (χ0n) is 50.8. The first-order valence-corrected chi connectivity index (χ1v) is 27.6. The Bertz CT molecular complexity index is 3560. The molecule has 0 aliphatic carbocycles. The number of aromatic nitrogens is 10. The van der Waals surface area contributed by atoms with Crippen molar-refractivity contribution in [2.75, 3.05) is 0 Å². The molecule has 0 N–H and O–H groups in total. The summed E-state index contributed by atoms with van der Waals surface area (Å²) in [5.74, 6) is 0. The first kappa shape index (κ1) is 63.8. The van der Waals surface area contributed by atoms with Crippen LogP contribution in [0.3, 0.4) is 0 Å². The predicted molar refractivity (Wildman–Crippen MR) is 343 cm³/mol. The molecule has 81 heavy (non-hydrogen) atoms. The maximum absolute atomic E-state index is 4.87. The highest BCUT2D eigenvalue weighted by molar-refractivity contribution is 6.07. The molecular formula is C71H88N10. The molecule has 0 spiro atoms. The van der Waals surface area contributed by atoms with Crippen LogP contribution in [0.15, 0.2) is 184 Å². The van der Waals surface area contributed by atoms with E-state index in [2.05, 4.69) is 260 Å². The minimum absolute atomic E-state index is 0. The second kappa shape index (κ2) is 27.0. The summed E-state index contributed by atoms with van der Waals surface area (Å²) in [6.45, 7) is 39.3. The molecule has 11 aromatic rings. The first-order chi connectivity index (χ1) is 37.5. The van der Waals surface area contributed by atoms with Crippen LogP contribution in [-0.4, -0.2) is 49.8 Å². The molecule has 10 heteroatoms. The van der Waals surface area contributed by atoms with Crippen LogP contribution in [0, 0.1) is 0 Å². The molecule has 8 heterocycles. The fourth-order valence-electron chi connectivity index (χ4n) is 8.69. The van der Waals surface area contributed by atoms with E-state index in [4.69, 9.17) is 4.98 Å². The minimum Gasteiger partial charge on any atom is -0.265 e. The Labute approximate surface area is 483 Å². The third-order valence-corrected chi connectivity index (χ3v) is 13.2. The van der Waals surface area contributed by atoms with Crippen LogP contribution in [0.5, 0.6) is 0 Å². The number of nitrogens with zero attached hydrogens (tertiary/aromatic N) is 10. The van der Waals surface area contributed by atoms with Crippen LogP contribution in [0.4, 0.5) is 0 Å². The summed E-state index contributed by atoms with van der Waals surface area (Å²) in [7, 11) is 0. The average molecular weight is 1080 g/mol. The van der Waals surface area contributed by atoms with Gasteiger partial charge in [-0.2, -0.15) is 0 Å². The van der Waals surface area contributed by atoms with Crippen LogP contribution in [-0.2, 0) is 32.5 Å². The molecule has 0 atom stereocenters. The lowest BCUT2D eigenvalue weighted by molar-refractivity contribution is 0.565. The molecule has 0 saturated carbocycles. The second-order valence-corrected chi connectivity index (χ2v) is 26.1. The van der Waals surface area contributed by atoms with Gasteiger partial charge in [-0.1, -0.05) is 193 Å².